The lowest BCUT2D eigenvalue weighted by atomic mass is 10.2. The molecule has 1 aromatic rings. The lowest BCUT2D eigenvalue weighted by Crippen LogP contribution is -2.29. The lowest BCUT2D eigenvalue weighted by Gasteiger charge is -2.16. The zero-order chi connectivity index (χ0) is 13.8. The molecule has 1 saturated heterocycles. The Labute approximate surface area is 112 Å². The quantitative estimate of drug-likeness (QED) is 0.836. The Morgan fingerprint density at radius 3 is 2.79 bits per heavy atom. The monoisotopic (exact) mass is 264 g/mol. The van der Waals surface area contributed by atoms with E-state index in [9.17, 15) is 9.59 Å². The van der Waals surface area contributed by atoms with Crippen molar-refractivity contribution in [3.63, 3.8) is 0 Å². The minimum absolute atomic E-state index is 0.0372. The van der Waals surface area contributed by atoms with E-state index in [1.54, 1.807) is 0 Å². The second-order valence-corrected chi connectivity index (χ2v) is 5.13. The van der Waals surface area contributed by atoms with Crippen LogP contribution < -0.4 is 15.8 Å². The fourth-order valence-electron chi connectivity index (χ4n) is 2.04. The molecular weight excluding hydrogens is 244 g/mol. The molecule has 0 radical (unpaired) electrons. The predicted octanol–water partition coefficient (Wildman–Crippen LogP) is 0.642. The van der Waals surface area contributed by atoms with E-state index in [2.05, 4.69) is 20.2 Å². The fraction of sp³-hybridized carbons (Fsp3) is 0.615. The van der Waals surface area contributed by atoms with E-state index in [4.69, 9.17) is 0 Å². The lowest BCUT2D eigenvalue weighted by molar-refractivity contribution is -0.124. The van der Waals surface area contributed by atoms with Gasteiger partial charge in [0.15, 0.2) is 0 Å². The summed E-state index contributed by atoms with van der Waals surface area (Å²) in [6, 6.07) is 1.43. The van der Waals surface area contributed by atoms with E-state index in [1.165, 1.54) is 6.07 Å². The molecule has 0 unspecified atom stereocenters. The molecule has 0 spiro atoms. The van der Waals surface area contributed by atoms with Crippen LogP contribution in [0.3, 0.4) is 0 Å². The second kappa shape index (κ2) is 5.86. The van der Waals surface area contributed by atoms with Crippen LogP contribution in [0.5, 0.6) is 0 Å². The van der Waals surface area contributed by atoms with Crippen LogP contribution >= 0.6 is 0 Å². The Morgan fingerprint density at radius 2 is 2.16 bits per heavy atom. The largest absolute Gasteiger partial charge is 0.350 e. The fourth-order valence-corrected chi connectivity index (χ4v) is 2.04. The van der Waals surface area contributed by atoms with Crippen molar-refractivity contribution in [3.8, 4) is 0 Å². The van der Waals surface area contributed by atoms with Gasteiger partial charge in [0.2, 0.25) is 11.9 Å². The molecule has 6 heteroatoms. The highest BCUT2D eigenvalue weighted by molar-refractivity contribution is 5.77. The Balaban J connectivity index is 2.08. The zero-order valence-electron chi connectivity index (χ0n) is 11.4. The number of carbonyl (C=O) groups excluding carboxylic acids is 1. The Kier molecular flexibility index (Phi) is 4.19. The summed E-state index contributed by atoms with van der Waals surface area (Å²) in [5.41, 5.74) is 0.422. The van der Waals surface area contributed by atoms with E-state index in [0.717, 1.165) is 25.9 Å². The molecule has 1 aromatic heterocycles. The number of amides is 1. The molecule has 0 atom stereocenters. The second-order valence-electron chi connectivity index (χ2n) is 5.13. The average molecular weight is 264 g/mol. The summed E-state index contributed by atoms with van der Waals surface area (Å²) in [7, 11) is 0. The molecule has 6 nitrogen and oxygen atoms in total. The predicted molar refractivity (Wildman–Crippen MR) is 73.0 cm³/mol. The van der Waals surface area contributed by atoms with E-state index in [0.29, 0.717) is 18.2 Å². The number of nitrogens with zero attached hydrogens (tertiary/aromatic N) is 2. The Morgan fingerprint density at radius 1 is 1.47 bits per heavy atom. The summed E-state index contributed by atoms with van der Waals surface area (Å²) in [4.78, 5) is 32.3. The summed E-state index contributed by atoms with van der Waals surface area (Å²) in [5, 5.41) is 2.77. The summed E-state index contributed by atoms with van der Waals surface area (Å²) < 4.78 is 0. The van der Waals surface area contributed by atoms with Crippen molar-refractivity contribution < 1.29 is 4.79 Å². The number of rotatable bonds is 4. The maximum absolute atomic E-state index is 11.6. The van der Waals surface area contributed by atoms with E-state index in [-0.39, 0.29) is 17.4 Å². The molecule has 1 aliphatic rings. The summed E-state index contributed by atoms with van der Waals surface area (Å²) in [5.74, 6) is 0.503. The number of anilines is 1. The van der Waals surface area contributed by atoms with Gasteiger partial charge in [0.25, 0.3) is 5.56 Å². The van der Waals surface area contributed by atoms with Crippen LogP contribution in [0.4, 0.5) is 5.95 Å². The van der Waals surface area contributed by atoms with Crippen LogP contribution in [0.15, 0.2) is 10.9 Å². The van der Waals surface area contributed by atoms with Gasteiger partial charge >= 0.3 is 0 Å². The van der Waals surface area contributed by atoms with E-state index < -0.39 is 0 Å². The highest BCUT2D eigenvalue weighted by Crippen LogP contribution is 2.14. The SMILES string of the molecule is CC(C)C(=O)NCc1cc(=O)[nH]c(N2CCCC2)n1. The normalized spacial score (nSPS) is 15.0. The standard InChI is InChI=1S/C13H20N4O2/c1-9(2)12(19)14-8-10-7-11(18)16-13(15-10)17-5-3-4-6-17/h7,9H,3-6,8H2,1-2H3,(H,14,19)(H,15,16,18). The first kappa shape index (κ1) is 13.6. The Bertz CT molecular complexity index is 504. The smallest absolute Gasteiger partial charge is 0.252 e. The van der Waals surface area contributed by atoms with Gasteiger partial charge in [-0.2, -0.15) is 0 Å². The molecule has 104 valence electrons. The first-order valence-electron chi connectivity index (χ1n) is 6.69. The first-order chi connectivity index (χ1) is 9.06. The minimum Gasteiger partial charge on any atom is -0.350 e. The van der Waals surface area contributed by atoms with Gasteiger partial charge in [-0.05, 0) is 12.8 Å². The topological polar surface area (TPSA) is 78.1 Å². The number of carbonyl (C=O) groups is 1. The van der Waals surface area contributed by atoms with Gasteiger partial charge < -0.3 is 10.2 Å². The average Bonchev–Trinajstić information content (AvgIpc) is 2.89. The molecule has 2 N–H and O–H groups in total. The van der Waals surface area contributed by atoms with Gasteiger partial charge in [-0.25, -0.2) is 4.98 Å². The Hall–Kier alpha value is -1.85. The summed E-state index contributed by atoms with van der Waals surface area (Å²) >= 11 is 0. The number of nitrogens with one attached hydrogen (secondary N) is 2. The van der Waals surface area contributed by atoms with E-state index in [1.807, 2.05) is 13.8 Å². The number of hydrogen-bond donors (Lipinski definition) is 2. The molecule has 19 heavy (non-hydrogen) atoms. The van der Waals surface area contributed by atoms with Crippen LogP contribution in [0, 0.1) is 5.92 Å². The van der Waals surface area contributed by atoms with Crippen LogP contribution in [0.1, 0.15) is 32.4 Å². The molecular formula is C13H20N4O2. The maximum Gasteiger partial charge on any atom is 0.252 e. The molecule has 0 aromatic carbocycles. The van der Waals surface area contributed by atoms with Gasteiger partial charge in [-0.15, -0.1) is 0 Å². The van der Waals surface area contributed by atoms with Gasteiger partial charge in [-0.1, -0.05) is 13.8 Å². The van der Waals surface area contributed by atoms with Crippen molar-refractivity contribution in [2.24, 2.45) is 5.92 Å². The van der Waals surface area contributed by atoms with Gasteiger partial charge in [0, 0.05) is 25.1 Å². The molecule has 0 bridgehead atoms. The summed E-state index contributed by atoms with van der Waals surface area (Å²) in [6.45, 7) is 5.80. The van der Waals surface area contributed by atoms with Crippen LogP contribution in [-0.4, -0.2) is 29.0 Å². The van der Waals surface area contributed by atoms with Crippen molar-refractivity contribution in [3.05, 3.63) is 22.1 Å². The highest BCUT2D eigenvalue weighted by atomic mass is 16.1. The molecule has 2 rings (SSSR count). The highest BCUT2D eigenvalue weighted by Gasteiger charge is 2.15. The van der Waals surface area contributed by atoms with Crippen molar-refractivity contribution in [1.82, 2.24) is 15.3 Å². The molecule has 0 saturated carbocycles. The third kappa shape index (κ3) is 3.56. The molecule has 2 heterocycles. The van der Waals surface area contributed by atoms with Crippen molar-refractivity contribution in [2.75, 3.05) is 18.0 Å². The molecule has 1 fully saturated rings. The minimum atomic E-state index is -0.175. The molecule has 0 aliphatic carbocycles. The number of aromatic nitrogens is 2. The third-order valence-electron chi connectivity index (χ3n) is 3.16. The number of hydrogen-bond acceptors (Lipinski definition) is 4. The molecule has 1 amide bonds. The maximum atomic E-state index is 11.6. The zero-order valence-corrected chi connectivity index (χ0v) is 11.4. The van der Waals surface area contributed by atoms with Crippen LogP contribution in [0.2, 0.25) is 0 Å². The van der Waals surface area contributed by atoms with Crippen molar-refractivity contribution >= 4 is 11.9 Å². The third-order valence-corrected chi connectivity index (χ3v) is 3.16. The van der Waals surface area contributed by atoms with Crippen LogP contribution in [0.25, 0.3) is 0 Å². The van der Waals surface area contributed by atoms with Crippen LogP contribution in [-0.2, 0) is 11.3 Å². The number of H-pyrrole nitrogens is 1. The van der Waals surface area contributed by atoms with Gasteiger partial charge in [0.1, 0.15) is 0 Å². The molecule has 1 aliphatic heterocycles. The van der Waals surface area contributed by atoms with Gasteiger partial charge in [-0.3, -0.25) is 14.6 Å². The van der Waals surface area contributed by atoms with Crippen molar-refractivity contribution in [2.45, 2.75) is 33.2 Å². The first-order valence-corrected chi connectivity index (χ1v) is 6.69. The summed E-state index contributed by atoms with van der Waals surface area (Å²) in [6.07, 6.45) is 2.25. The van der Waals surface area contributed by atoms with E-state index >= 15 is 0 Å². The van der Waals surface area contributed by atoms with Crippen molar-refractivity contribution in [1.29, 1.82) is 0 Å². The van der Waals surface area contributed by atoms with Gasteiger partial charge in [0.05, 0.1) is 12.2 Å². The number of aromatic amines is 1.